The molecule has 0 aliphatic heterocycles. The molecule has 7 heteroatoms. The standard InChI is InChI=1S/C18H16N2O4.C12H23N/c21-17(8-7-13-4-3-9-24-13)20-16(18(22)23)10-12-11-19-15-6-2-1-5-14(12)15;1-3-7-11(8-4-1)13-12-9-5-2-6-10-12/h1-9,11,16,19H,10H2,(H,20,21)(H,22,23);11-13H,1-10H2/t16-;/m0./s1. The predicted molar refractivity (Wildman–Crippen MR) is 146 cm³/mol. The minimum absolute atomic E-state index is 0.194. The van der Waals surface area contributed by atoms with Gasteiger partial charge >= 0.3 is 5.97 Å². The Morgan fingerprint density at radius 2 is 1.65 bits per heavy atom. The van der Waals surface area contributed by atoms with Gasteiger partial charge in [0.15, 0.2) is 0 Å². The molecule has 1 atom stereocenters. The van der Waals surface area contributed by atoms with Gasteiger partial charge in [0, 0.05) is 41.7 Å². The molecule has 0 spiro atoms. The van der Waals surface area contributed by atoms with Crippen LogP contribution in [0.1, 0.15) is 75.5 Å². The van der Waals surface area contributed by atoms with E-state index in [0.717, 1.165) is 28.6 Å². The second kappa shape index (κ2) is 13.8. The van der Waals surface area contributed by atoms with Crippen LogP contribution in [0.15, 0.2) is 59.4 Å². The first kappa shape index (κ1) is 26.7. The zero-order valence-electron chi connectivity index (χ0n) is 21.5. The third-order valence-corrected chi connectivity index (χ3v) is 7.34. The number of fused-ring (bicyclic) bond motifs is 1. The van der Waals surface area contributed by atoms with E-state index in [2.05, 4.69) is 15.6 Å². The smallest absolute Gasteiger partial charge is 0.326 e. The van der Waals surface area contributed by atoms with Gasteiger partial charge < -0.3 is 25.1 Å². The molecule has 4 N–H and O–H groups in total. The number of aromatic nitrogens is 1. The van der Waals surface area contributed by atoms with Crippen molar-refractivity contribution in [1.29, 1.82) is 0 Å². The monoisotopic (exact) mass is 505 g/mol. The van der Waals surface area contributed by atoms with Crippen LogP contribution < -0.4 is 10.6 Å². The van der Waals surface area contributed by atoms with Crippen molar-refractivity contribution in [3.05, 3.63) is 66.3 Å². The molecule has 2 fully saturated rings. The molecule has 37 heavy (non-hydrogen) atoms. The number of hydrogen-bond donors (Lipinski definition) is 4. The summed E-state index contributed by atoms with van der Waals surface area (Å²) in [5, 5.41) is 16.7. The molecule has 0 saturated heterocycles. The molecule has 3 aromatic rings. The molecule has 5 rings (SSSR count). The average Bonchev–Trinajstić information content (AvgIpc) is 3.59. The lowest BCUT2D eigenvalue weighted by Crippen LogP contribution is -2.41. The number of H-pyrrole nitrogens is 1. The number of carbonyl (C=O) groups excluding carboxylic acids is 1. The molecule has 0 radical (unpaired) electrons. The van der Waals surface area contributed by atoms with Gasteiger partial charge in [-0.05, 0) is 55.5 Å². The summed E-state index contributed by atoms with van der Waals surface area (Å²) in [7, 11) is 0. The molecule has 1 aromatic carbocycles. The molecule has 2 aromatic heterocycles. The van der Waals surface area contributed by atoms with Gasteiger partial charge in [0.25, 0.3) is 0 Å². The van der Waals surface area contributed by atoms with Crippen molar-refractivity contribution in [3.8, 4) is 0 Å². The van der Waals surface area contributed by atoms with Crippen molar-refractivity contribution in [2.45, 2.75) is 88.8 Å². The Hall–Kier alpha value is -3.32. The van der Waals surface area contributed by atoms with Gasteiger partial charge in [-0.3, -0.25) is 4.79 Å². The summed E-state index contributed by atoms with van der Waals surface area (Å²) in [4.78, 5) is 26.5. The van der Waals surface area contributed by atoms with E-state index in [1.165, 1.54) is 82.6 Å². The fraction of sp³-hybridized carbons (Fsp3) is 0.467. The van der Waals surface area contributed by atoms with E-state index >= 15 is 0 Å². The summed E-state index contributed by atoms with van der Waals surface area (Å²) in [6, 6.07) is 11.8. The maximum Gasteiger partial charge on any atom is 0.326 e. The average molecular weight is 506 g/mol. The van der Waals surface area contributed by atoms with Crippen molar-refractivity contribution >= 4 is 28.9 Å². The van der Waals surface area contributed by atoms with Crippen LogP contribution in [0.25, 0.3) is 17.0 Å². The van der Waals surface area contributed by atoms with E-state index in [9.17, 15) is 14.7 Å². The van der Waals surface area contributed by atoms with E-state index in [1.807, 2.05) is 24.3 Å². The second-order valence-electron chi connectivity index (χ2n) is 10.1. The molecule has 2 aliphatic carbocycles. The molecule has 7 nitrogen and oxygen atoms in total. The lowest BCUT2D eigenvalue weighted by Gasteiger charge is -2.30. The number of rotatable bonds is 8. The highest BCUT2D eigenvalue weighted by Crippen LogP contribution is 2.23. The number of carboxylic acids is 1. The molecule has 1 amide bonds. The summed E-state index contributed by atoms with van der Waals surface area (Å²) < 4.78 is 5.08. The fourth-order valence-corrected chi connectivity index (χ4v) is 5.36. The Morgan fingerprint density at radius 3 is 2.27 bits per heavy atom. The summed E-state index contributed by atoms with van der Waals surface area (Å²) in [6.07, 6.45) is 20.8. The predicted octanol–water partition coefficient (Wildman–Crippen LogP) is 5.83. The molecule has 0 bridgehead atoms. The largest absolute Gasteiger partial charge is 0.480 e. The van der Waals surface area contributed by atoms with Crippen LogP contribution in [0.4, 0.5) is 0 Å². The number of amides is 1. The van der Waals surface area contributed by atoms with Gasteiger partial charge in [-0.2, -0.15) is 0 Å². The second-order valence-corrected chi connectivity index (χ2v) is 10.1. The Balaban J connectivity index is 0.000000207. The highest BCUT2D eigenvalue weighted by Gasteiger charge is 2.21. The molecule has 2 heterocycles. The van der Waals surface area contributed by atoms with E-state index in [0.29, 0.717) is 5.76 Å². The highest BCUT2D eigenvalue weighted by molar-refractivity contribution is 5.94. The first-order valence-corrected chi connectivity index (χ1v) is 13.6. The Kier molecular flexibility index (Phi) is 10.0. The van der Waals surface area contributed by atoms with Crippen LogP contribution in [0.5, 0.6) is 0 Å². The molecule has 0 unspecified atom stereocenters. The number of hydrogen-bond acceptors (Lipinski definition) is 4. The number of benzene rings is 1. The van der Waals surface area contributed by atoms with E-state index in [4.69, 9.17) is 4.42 Å². The third kappa shape index (κ3) is 8.35. The lowest BCUT2D eigenvalue weighted by atomic mass is 9.91. The number of nitrogens with one attached hydrogen (secondary N) is 3. The molecule has 2 aliphatic rings. The summed E-state index contributed by atoms with van der Waals surface area (Å²) in [5.74, 6) is -1.05. The third-order valence-electron chi connectivity index (χ3n) is 7.34. The van der Waals surface area contributed by atoms with Crippen molar-refractivity contribution in [1.82, 2.24) is 15.6 Å². The fourth-order valence-electron chi connectivity index (χ4n) is 5.36. The molecular weight excluding hydrogens is 466 g/mol. The van der Waals surface area contributed by atoms with Crippen molar-refractivity contribution in [3.63, 3.8) is 0 Å². The number of aliphatic carboxylic acids is 1. The zero-order valence-corrected chi connectivity index (χ0v) is 21.5. The van der Waals surface area contributed by atoms with Crippen LogP contribution >= 0.6 is 0 Å². The number of carbonyl (C=O) groups is 2. The minimum Gasteiger partial charge on any atom is -0.480 e. The maximum atomic E-state index is 11.9. The van der Waals surface area contributed by atoms with Crippen LogP contribution in [0, 0.1) is 0 Å². The van der Waals surface area contributed by atoms with Crippen LogP contribution in [0.3, 0.4) is 0 Å². The van der Waals surface area contributed by atoms with Gasteiger partial charge in [-0.15, -0.1) is 0 Å². The first-order valence-electron chi connectivity index (χ1n) is 13.6. The van der Waals surface area contributed by atoms with E-state index in [1.54, 1.807) is 18.3 Å². The zero-order chi connectivity index (χ0) is 25.9. The van der Waals surface area contributed by atoms with Gasteiger partial charge in [-0.25, -0.2) is 4.79 Å². The summed E-state index contributed by atoms with van der Waals surface area (Å²) >= 11 is 0. The van der Waals surface area contributed by atoms with Crippen LogP contribution in [0.2, 0.25) is 0 Å². The lowest BCUT2D eigenvalue weighted by molar-refractivity contribution is -0.141. The van der Waals surface area contributed by atoms with Crippen LogP contribution in [-0.2, 0) is 16.0 Å². The molecular formula is C30H39N3O4. The summed E-state index contributed by atoms with van der Waals surface area (Å²) in [6.45, 7) is 0. The van der Waals surface area contributed by atoms with Crippen molar-refractivity contribution in [2.24, 2.45) is 0 Å². The number of furan rings is 1. The van der Waals surface area contributed by atoms with Gasteiger partial charge in [0.1, 0.15) is 11.8 Å². The highest BCUT2D eigenvalue weighted by atomic mass is 16.4. The van der Waals surface area contributed by atoms with E-state index < -0.39 is 17.9 Å². The topological polar surface area (TPSA) is 107 Å². The minimum atomic E-state index is -1.08. The van der Waals surface area contributed by atoms with Gasteiger partial charge in [0.2, 0.25) is 5.91 Å². The molecule has 2 saturated carbocycles. The Labute approximate surface area is 218 Å². The first-order chi connectivity index (χ1) is 18.1. The maximum absolute atomic E-state index is 11.9. The summed E-state index contributed by atoms with van der Waals surface area (Å²) in [5.41, 5.74) is 1.77. The number of para-hydroxylation sites is 1. The Bertz CT molecular complexity index is 1120. The molecule has 198 valence electrons. The van der Waals surface area contributed by atoms with Crippen molar-refractivity contribution in [2.75, 3.05) is 0 Å². The number of carboxylic acid groups (broad SMARTS) is 1. The quantitative estimate of drug-likeness (QED) is 0.288. The van der Waals surface area contributed by atoms with Crippen LogP contribution in [-0.4, -0.2) is 40.1 Å². The normalized spacial score (nSPS) is 17.8. The Morgan fingerprint density at radius 1 is 0.973 bits per heavy atom. The van der Waals surface area contributed by atoms with Gasteiger partial charge in [0.05, 0.1) is 6.26 Å². The number of aromatic amines is 1. The van der Waals surface area contributed by atoms with E-state index in [-0.39, 0.29) is 6.42 Å². The van der Waals surface area contributed by atoms with Crippen molar-refractivity contribution < 1.29 is 19.1 Å². The van der Waals surface area contributed by atoms with Gasteiger partial charge in [-0.1, -0.05) is 56.7 Å². The SMILES string of the molecule is C1CCC(NC2CCCCC2)CC1.O=C(C=Cc1ccco1)N[C@@H](Cc1c[nH]c2ccccc12)C(=O)O.